The van der Waals surface area contributed by atoms with Crippen LogP contribution in [0.1, 0.15) is 0 Å². The number of carbonyl (C=O) groups excluding carboxylic acids is 1. The van der Waals surface area contributed by atoms with Crippen LogP contribution in [0.5, 0.6) is 11.5 Å². The molecule has 0 heterocycles. The number of carbonyl (C=O) groups is 1. The molecule has 0 saturated carbocycles. The van der Waals surface area contributed by atoms with Crippen LogP contribution in [0.25, 0.3) is 0 Å². The highest BCUT2D eigenvalue weighted by molar-refractivity contribution is 9.10. The monoisotopic (exact) mass is 452 g/mol. The van der Waals surface area contributed by atoms with Crippen molar-refractivity contribution in [3.8, 4) is 11.5 Å². The molecular formula is C14H8Br2Cl2O3. The van der Waals surface area contributed by atoms with Gasteiger partial charge in [0.2, 0.25) is 0 Å². The first kappa shape index (κ1) is 16.6. The lowest BCUT2D eigenvalue weighted by Crippen LogP contribution is -2.18. The molecule has 2 aromatic carbocycles. The molecule has 0 saturated heterocycles. The van der Waals surface area contributed by atoms with Crippen molar-refractivity contribution in [2.45, 2.75) is 0 Å². The van der Waals surface area contributed by atoms with Crippen molar-refractivity contribution in [3.05, 3.63) is 55.4 Å². The van der Waals surface area contributed by atoms with Gasteiger partial charge in [0.25, 0.3) is 0 Å². The smallest absolute Gasteiger partial charge is 0.349 e. The number of hydrogen-bond donors (Lipinski definition) is 0. The highest BCUT2D eigenvalue weighted by Crippen LogP contribution is 2.29. The Bertz CT molecular complexity index is 677. The van der Waals surface area contributed by atoms with Crippen molar-refractivity contribution in [1.29, 1.82) is 0 Å². The maximum Gasteiger partial charge on any atom is 0.349 e. The zero-order chi connectivity index (χ0) is 15.4. The van der Waals surface area contributed by atoms with Crippen LogP contribution in [-0.4, -0.2) is 12.6 Å². The van der Waals surface area contributed by atoms with E-state index in [9.17, 15) is 4.79 Å². The van der Waals surface area contributed by atoms with E-state index in [0.29, 0.717) is 26.0 Å². The Morgan fingerprint density at radius 2 is 1.76 bits per heavy atom. The van der Waals surface area contributed by atoms with Crippen molar-refractivity contribution in [2.75, 3.05) is 6.61 Å². The first-order valence-electron chi connectivity index (χ1n) is 5.69. The second-order valence-corrected chi connectivity index (χ2v) is 6.53. The lowest BCUT2D eigenvalue weighted by atomic mass is 10.3. The summed E-state index contributed by atoms with van der Waals surface area (Å²) in [6, 6.07) is 9.97. The van der Waals surface area contributed by atoms with Crippen molar-refractivity contribution in [2.24, 2.45) is 0 Å². The minimum atomic E-state index is -0.544. The number of esters is 1. The summed E-state index contributed by atoms with van der Waals surface area (Å²) in [6.45, 7) is -0.254. The minimum Gasteiger partial charge on any atom is -0.480 e. The number of ether oxygens (including phenoxy) is 2. The van der Waals surface area contributed by atoms with Gasteiger partial charge in [-0.2, -0.15) is 0 Å². The summed E-state index contributed by atoms with van der Waals surface area (Å²) in [7, 11) is 0. The second kappa shape index (κ2) is 7.49. The fraction of sp³-hybridized carbons (Fsp3) is 0.0714. The standard InChI is InChI=1S/C14H8Br2Cl2O3/c15-8-1-3-13(11(18)5-8)20-7-14(19)21-12-4-2-9(17)6-10(12)16/h1-6H,7H2. The SMILES string of the molecule is O=C(COc1ccc(Br)cc1Cl)Oc1ccc(Cl)cc1Br. The Morgan fingerprint density at radius 1 is 1.05 bits per heavy atom. The summed E-state index contributed by atoms with van der Waals surface area (Å²) in [4.78, 5) is 11.7. The third-order valence-electron chi connectivity index (χ3n) is 2.36. The molecule has 0 aliphatic carbocycles. The van der Waals surface area contributed by atoms with Crippen LogP contribution >= 0.6 is 55.1 Å². The molecule has 0 aliphatic heterocycles. The summed E-state index contributed by atoms with van der Waals surface area (Å²) in [5.74, 6) is 0.235. The molecule has 2 aromatic rings. The van der Waals surface area contributed by atoms with Crippen LogP contribution in [0.3, 0.4) is 0 Å². The van der Waals surface area contributed by atoms with Gasteiger partial charge in [0, 0.05) is 9.50 Å². The summed E-state index contributed by atoms with van der Waals surface area (Å²) in [5, 5.41) is 0.949. The molecule has 0 aromatic heterocycles. The van der Waals surface area contributed by atoms with Crippen molar-refractivity contribution >= 4 is 61.0 Å². The normalized spacial score (nSPS) is 10.3. The maximum absolute atomic E-state index is 11.7. The van der Waals surface area contributed by atoms with E-state index in [0.717, 1.165) is 4.47 Å². The van der Waals surface area contributed by atoms with E-state index in [1.165, 1.54) is 0 Å². The summed E-state index contributed by atoms with van der Waals surface area (Å²) >= 11 is 18.3. The average molecular weight is 455 g/mol. The number of halogens is 4. The zero-order valence-corrected chi connectivity index (χ0v) is 15.1. The molecule has 0 spiro atoms. The van der Waals surface area contributed by atoms with Gasteiger partial charge in [-0.25, -0.2) is 4.79 Å². The summed E-state index contributed by atoms with van der Waals surface area (Å²) in [5.41, 5.74) is 0. The van der Waals surface area contributed by atoms with E-state index >= 15 is 0 Å². The van der Waals surface area contributed by atoms with Crippen LogP contribution in [-0.2, 0) is 4.79 Å². The first-order chi connectivity index (χ1) is 9.95. The predicted molar refractivity (Wildman–Crippen MR) is 89.4 cm³/mol. The van der Waals surface area contributed by atoms with Gasteiger partial charge >= 0.3 is 5.97 Å². The largest absolute Gasteiger partial charge is 0.480 e. The van der Waals surface area contributed by atoms with E-state index in [-0.39, 0.29) is 6.61 Å². The van der Waals surface area contributed by atoms with Gasteiger partial charge in [0.15, 0.2) is 6.61 Å². The van der Waals surface area contributed by atoms with Crippen molar-refractivity contribution in [3.63, 3.8) is 0 Å². The molecule has 2 rings (SSSR count). The number of hydrogen-bond acceptors (Lipinski definition) is 3. The highest BCUT2D eigenvalue weighted by Gasteiger charge is 2.11. The van der Waals surface area contributed by atoms with Gasteiger partial charge in [-0.15, -0.1) is 0 Å². The summed E-state index contributed by atoms with van der Waals surface area (Å²) < 4.78 is 11.9. The molecule has 21 heavy (non-hydrogen) atoms. The predicted octanol–water partition coefficient (Wildman–Crippen LogP) is 5.50. The fourth-order valence-corrected chi connectivity index (χ4v) is 2.93. The molecule has 0 atom stereocenters. The van der Waals surface area contributed by atoms with E-state index in [1.807, 2.05) is 0 Å². The molecule has 7 heteroatoms. The van der Waals surface area contributed by atoms with Gasteiger partial charge in [0.05, 0.1) is 9.50 Å². The fourth-order valence-electron chi connectivity index (χ4n) is 1.44. The second-order valence-electron chi connectivity index (χ2n) is 3.91. The molecular weight excluding hydrogens is 447 g/mol. The van der Waals surface area contributed by atoms with Gasteiger partial charge in [-0.05, 0) is 52.3 Å². The highest BCUT2D eigenvalue weighted by atomic mass is 79.9. The van der Waals surface area contributed by atoms with Crippen LogP contribution in [0.2, 0.25) is 10.0 Å². The Morgan fingerprint density at radius 3 is 2.43 bits per heavy atom. The van der Waals surface area contributed by atoms with Gasteiger partial charge in [0.1, 0.15) is 11.5 Å². The Labute approximate surface area is 148 Å². The Balaban J connectivity index is 1.96. The number of rotatable bonds is 4. The van der Waals surface area contributed by atoms with Crippen molar-refractivity contribution in [1.82, 2.24) is 0 Å². The molecule has 0 aliphatic rings. The zero-order valence-electron chi connectivity index (χ0n) is 10.4. The Kier molecular flexibility index (Phi) is 5.93. The van der Waals surface area contributed by atoms with Gasteiger partial charge < -0.3 is 9.47 Å². The van der Waals surface area contributed by atoms with E-state index in [2.05, 4.69) is 31.9 Å². The Hall–Kier alpha value is -0.750. The van der Waals surface area contributed by atoms with E-state index in [1.54, 1.807) is 36.4 Å². The first-order valence-corrected chi connectivity index (χ1v) is 8.03. The quantitative estimate of drug-likeness (QED) is 0.452. The van der Waals surface area contributed by atoms with Crippen LogP contribution < -0.4 is 9.47 Å². The molecule has 0 unspecified atom stereocenters. The van der Waals surface area contributed by atoms with Crippen LogP contribution in [0.4, 0.5) is 0 Å². The molecule has 110 valence electrons. The van der Waals surface area contributed by atoms with Crippen LogP contribution in [0.15, 0.2) is 45.3 Å². The molecule has 0 bridgehead atoms. The third-order valence-corrected chi connectivity index (χ3v) is 4.00. The van der Waals surface area contributed by atoms with E-state index < -0.39 is 5.97 Å². The maximum atomic E-state index is 11.7. The molecule has 0 N–H and O–H groups in total. The average Bonchev–Trinajstić information content (AvgIpc) is 2.41. The van der Waals surface area contributed by atoms with Gasteiger partial charge in [-0.3, -0.25) is 0 Å². The number of benzene rings is 2. The molecule has 0 radical (unpaired) electrons. The summed E-state index contributed by atoms with van der Waals surface area (Å²) in [6.07, 6.45) is 0. The minimum absolute atomic E-state index is 0.254. The van der Waals surface area contributed by atoms with E-state index in [4.69, 9.17) is 32.7 Å². The van der Waals surface area contributed by atoms with Crippen LogP contribution in [0, 0.1) is 0 Å². The van der Waals surface area contributed by atoms with Gasteiger partial charge in [-0.1, -0.05) is 39.1 Å². The molecule has 0 fully saturated rings. The van der Waals surface area contributed by atoms with Crippen molar-refractivity contribution < 1.29 is 14.3 Å². The molecule has 3 nitrogen and oxygen atoms in total. The third kappa shape index (κ3) is 4.88. The lowest BCUT2D eigenvalue weighted by molar-refractivity contribution is -0.136. The topological polar surface area (TPSA) is 35.5 Å². The molecule has 0 amide bonds. The lowest BCUT2D eigenvalue weighted by Gasteiger charge is -2.09.